The fourth-order valence-electron chi connectivity index (χ4n) is 2.79. The molecule has 1 saturated carbocycles. The van der Waals surface area contributed by atoms with E-state index < -0.39 is 17.4 Å². The molecule has 0 spiro atoms. The van der Waals surface area contributed by atoms with Gasteiger partial charge in [0, 0.05) is 25.8 Å². The zero-order valence-electron chi connectivity index (χ0n) is 12.7. The van der Waals surface area contributed by atoms with Gasteiger partial charge < -0.3 is 10.0 Å². The van der Waals surface area contributed by atoms with E-state index in [1.807, 2.05) is 6.26 Å². The number of urea groups is 1. The molecule has 6 nitrogen and oxygen atoms in total. The van der Waals surface area contributed by atoms with Crippen molar-refractivity contribution in [3.8, 4) is 0 Å². The van der Waals surface area contributed by atoms with E-state index in [0.29, 0.717) is 6.54 Å². The van der Waals surface area contributed by atoms with Gasteiger partial charge in [-0.2, -0.15) is 11.8 Å². The molecule has 0 bridgehead atoms. The maximum absolute atomic E-state index is 12.0. The largest absolute Gasteiger partial charge is 0.481 e. The zero-order valence-corrected chi connectivity index (χ0v) is 13.5. The highest BCUT2D eigenvalue weighted by Crippen LogP contribution is 2.43. The van der Waals surface area contributed by atoms with Gasteiger partial charge in [-0.15, -0.1) is 0 Å². The van der Waals surface area contributed by atoms with Crippen LogP contribution in [0.4, 0.5) is 4.79 Å². The highest BCUT2D eigenvalue weighted by atomic mass is 32.2. The second-order valence-electron chi connectivity index (χ2n) is 5.72. The van der Waals surface area contributed by atoms with Crippen LogP contribution in [0.2, 0.25) is 0 Å². The number of imide groups is 1. The Morgan fingerprint density at radius 3 is 2.38 bits per heavy atom. The molecule has 1 aliphatic carbocycles. The van der Waals surface area contributed by atoms with Crippen molar-refractivity contribution < 1.29 is 19.5 Å². The van der Waals surface area contributed by atoms with E-state index in [2.05, 4.69) is 5.32 Å². The lowest BCUT2D eigenvalue weighted by Gasteiger charge is -2.26. The van der Waals surface area contributed by atoms with Crippen LogP contribution in [-0.4, -0.2) is 53.5 Å². The molecule has 2 N–H and O–H groups in total. The van der Waals surface area contributed by atoms with Crippen LogP contribution in [0.1, 0.15) is 38.5 Å². The Hall–Kier alpha value is -1.24. The lowest BCUT2D eigenvalue weighted by Crippen LogP contribution is -2.43. The predicted molar refractivity (Wildman–Crippen MR) is 82.3 cm³/mol. The lowest BCUT2D eigenvalue weighted by molar-refractivity contribution is -0.140. The minimum atomic E-state index is -0.881. The van der Waals surface area contributed by atoms with Crippen molar-refractivity contribution >= 4 is 29.7 Å². The summed E-state index contributed by atoms with van der Waals surface area (Å²) in [5.74, 6) is -0.451. The van der Waals surface area contributed by atoms with Gasteiger partial charge in [0.05, 0.1) is 6.42 Å². The van der Waals surface area contributed by atoms with Gasteiger partial charge in [-0.05, 0) is 24.5 Å². The van der Waals surface area contributed by atoms with Crippen molar-refractivity contribution in [1.29, 1.82) is 0 Å². The molecule has 1 fully saturated rings. The standard InChI is InChI=1S/C14H24N2O4S/c1-16(7-8-21-2)13(20)15-11(17)9-14(10-12(18)19)5-3-4-6-14/h3-10H2,1-2H3,(H,18,19)(H,15,17,20). The van der Waals surface area contributed by atoms with E-state index in [4.69, 9.17) is 5.11 Å². The molecular weight excluding hydrogens is 292 g/mol. The molecule has 0 unspecified atom stereocenters. The van der Waals surface area contributed by atoms with Crippen molar-refractivity contribution in [1.82, 2.24) is 10.2 Å². The average Bonchev–Trinajstić information content (AvgIpc) is 2.82. The minimum absolute atomic E-state index is 0.00305. The lowest BCUT2D eigenvalue weighted by atomic mass is 9.79. The van der Waals surface area contributed by atoms with Crippen LogP contribution in [-0.2, 0) is 9.59 Å². The van der Waals surface area contributed by atoms with Gasteiger partial charge in [-0.1, -0.05) is 12.8 Å². The topological polar surface area (TPSA) is 86.7 Å². The van der Waals surface area contributed by atoms with E-state index in [1.54, 1.807) is 18.8 Å². The molecule has 0 radical (unpaired) electrons. The van der Waals surface area contributed by atoms with Crippen molar-refractivity contribution in [2.45, 2.75) is 38.5 Å². The predicted octanol–water partition coefficient (Wildman–Crippen LogP) is 1.94. The van der Waals surface area contributed by atoms with E-state index in [0.717, 1.165) is 31.4 Å². The Morgan fingerprint density at radius 1 is 1.24 bits per heavy atom. The molecule has 0 atom stereocenters. The normalized spacial score (nSPS) is 16.5. The molecule has 0 aromatic rings. The van der Waals surface area contributed by atoms with Crippen LogP contribution in [0.5, 0.6) is 0 Å². The number of hydrogen-bond acceptors (Lipinski definition) is 4. The maximum Gasteiger partial charge on any atom is 0.323 e. The van der Waals surface area contributed by atoms with Crippen LogP contribution >= 0.6 is 11.8 Å². The molecule has 0 heterocycles. The van der Waals surface area contributed by atoms with Crippen molar-refractivity contribution in [3.05, 3.63) is 0 Å². The Bertz CT molecular complexity index is 394. The fourth-order valence-corrected chi connectivity index (χ4v) is 3.25. The van der Waals surface area contributed by atoms with Gasteiger partial charge >= 0.3 is 12.0 Å². The Kier molecular flexibility index (Phi) is 7.01. The SMILES string of the molecule is CSCCN(C)C(=O)NC(=O)CC1(CC(=O)O)CCCC1. The molecule has 7 heteroatoms. The first-order valence-corrected chi connectivity index (χ1v) is 8.54. The van der Waals surface area contributed by atoms with Gasteiger partial charge in [0.15, 0.2) is 0 Å². The van der Waals surface area contributed by atoms with Crippen molar-refractivity contribution in [2.24, 2.45) is 5.41 Å². The summed E-state index contributed by atoms with van der Waals surface area (Å²) in [5.41, 5.74) is -0.478. The van der Waals surface area contributed by atoms with Crippen molar-refractivity contribution in [2.75, 3.05) is 25.6 Å². The molecule has 0 saturated heterocycles. The highest BCUT2D eigenvalue weighted by Gasteiger charge is 2.38. The second-order valence-corrected chi connectivity index (χ2v) is 6.71. The number of nitrogens with zero attached hydrogens (tertiary/aromatic N) is 1. The molecule has 3 amide bonds. The Balaban J connectivity index is 2.50. The first-order chi connectivity index (χ1) is 9.88. The zero-order chi connectivity index (χ0) is 15.9. The van der Waals surface area contributed by atoms with Crippen LogP contribution < -0.4 is 5.32 Å². The van der Waals surface area contributed by atoms with E-state index >= 15 is 0 Å². The summed E-state index contributed by atoms with van der Waals surface area (Å²) in [4.78, 5) is 36.3. The van der Waals surface area contributed by atoms with E-state index in [1.165, 1.54) is 4.90 Å². The maximum atomic E-state index is 12.0. The van der Waals surface area contributed by atoms with Crippen LogP contribution in [0.3, 0.4) is 0 Å². The van der Waals surface area contributed by atoms with Crippen LogP contribution in [0.25, 0.3) is 0 Å². The van der Waals surface area contributed by atoms with E-state index in [9.17, 15) is 14.4 Å². The number of nitrogens with one attached hydrogen (secondary N) is 1. The summed E-state index contributed by atoms with van der Waals surface area (Å²) < 4.78 is 0. The number of carbonyl (C=O) groups excluding carboxylic acids is 2. The molecule has 0 aromatic carbocycles. The summed E-state index contributed by atoms with van der Waals surface area (Å²) in [5, 5.41) is 11.4. The third-order valence-corrected chi connectivity index (χ3v) is 4.54. The second kappa shape index (κ2) is 8.26. The number of thioether (sulfide) groups is 1. The van der Waals surface area contributed by atoms with Crippen LogP contribution in [0, 0.1) is 5.41 Å². The molecule has 0 aromatic heterocycles. The third-order valence-electron chi connectivity index (χ3n) is 3.95. The van der Waals surface area contributed by atoms with Gasteiger partial charge in [0.2, 0.25) is 5.91 Å². The Morgan fingerprint density at radius 2 is 1.86 bits per heavy atom. The molecule has 0 aliphatic heterocycles. The summed E-state index contributed by atoms with van der Waals surface area (Å²) in [6.45, 7) is 0.570. The number of carbonyl (C=O) groups is 3. The quantitative estimate of drug-likeness (QED) is 0.749. The highest BCUT2D eigenvalue weighted by molar-refractivity contribution is 7.98. The summed E-state index contributed by atoms with van der Waals surface area (Å²) >= 11 is 1.63. The molecule has 1 aliphatic rings. The van der Waals surface area contributed by atoms with Gasteiger partial charge in [-0.3, -0.25) is 14.9 Å². The summed E-state index contributed by atoms with van der Waals surface area (Å²) in [7, 11) is 1.64. The fraction of sp³-hybridized carbons (Fsp3) is 0.786. The summed E-state index contributed by atoms with van der Waals surface area (Å²) in [6, 6.07) is -0.419. The minimum Gasteiger partial charge on any atom is -0.481 e. The molecule has 120 valence electrons. The van der Waals surface area contributed by atoms with Gasteiger partial charge in [0.25, 0.3) is 0 Å². The Labute approximate surface area is 129 Å². The number of aliphatic carboxylic acids is 1. The first kappa shape index (κ1) is 17.8. The van der Waals surface area contributed by atoms with Crippen molar-refractivity contribution in [3.63, 3.8) is 0 Å². The monoisotopic (exact) mass is 316 g/mol. The molecule has 21 heavy (non-hydrogen) atoms. The number of rotatable bonds is 7. The first-order valence-electron chi connectivity index (χ1n) is 7.14. The van der Waals surface area contributed by atoms with Crippen LogP contribution in [0.15, 0.2) is 0 Å². The number of carboxylic acids is 1. The third kappa shape index (κ3) is 5.95. The van der Waals surface area contributed by atoms with Gasteiger partial charge in [-0.25, -0.2) is 4.79 Å². The summed E-state index contributed by atoms with van der Waals surface area (Å²) in [6.07, 6.45) is 5.43. The number of hydrogen-bond donors (Lipinski definition) is 2. The average molecular weight is 316 g/mol. The van der Waals surface area contributed by atoms with Gasteiger partial charge in [0.1, 0.15) is 0 Å². The number of carboxylic acid groups (broad SMARTS) is 1. The molecular formula is C14H24N2O4S. The van der Waals surface area contributed by atoms with E-state index in [-0.39, 0.29) is 18.7 Å². The molecule has 1 rings (SSSR count). The smallest absolute Gasteiger partial charge is 0.323 e. The number of amides is 3.